The first-order valence-corrected chi connectivity index (χ1v) is 53.4. The predicted octanol–water partition coefficient (Wildman–Crippen LogP) is 26.7. The number of rotatable bonds is 17. The number of carbonyl (C=O) groups excluding carboxylic acids is 1. The van der Waals surface area contributed by atoms with E-state index in [9.17, 15) is 38.4 Å². The summed E-state index contributed by atoms with van der Waals surface area (Å²) in [7, 11) is 1.59. The van der Waals surface area contributed by atoms with E-state index < -0.39 is 17.7 Å². The normalized spacial score (nSPS) is 19.7. The number of oxime groups is 1. The van der Waals surface area contributed by atoms with E-state index in [1.807, 2.05) is 51.3 Å². The van der Waals surface area contributed by atoms with Gasteiger partial charge in [-0.3, -0.25) is 39.1 Å². The standard InChI is InChI=1S/C20H31NO2.C18H26F3NO.3C18H29NO.C17H25ClN2O.C13H19N.2CH4/c1-6-23-18(22)15-20(17-9-7-16(2)8-10-17)11-13-21(14-12-20)19(3,4)5;1-13-5-7-14(8-6-13)17(15(23)18(19,20)21)9-11-22(12-10-17)16(2,3)4;1-14-6-8-16(9-7-14)18(15(2)20)10-12-19(13-11-18)17(3,4)5;1-15-5-7-16(8-6-15)18(11-14-20)9-12-19(13-10-18)17(2,3)4;1-5-15-6-8-16(9-7-15)18(14-20)10-12-19(13-11-18)17(2,3)4;1-16(2,3)20-11-9-17(10-12-20,13-19-21-4)14-5-7-15(18)8-6-14;1-13(2,3)14-9-8-11-6-4-5-7-12(11)10-14;;/h7-10H,6,11-15H2,1-5H3;5-8,15,23H,9-12H2,1-4H3;6-9,15,20H,10-13H2,1-5H3;5-8,20H,9-14H2,1-4H3;6-9,20H,5,10-14H2,1-4H3;5-8,13H,9-12H2,1-4H3;4-7H,8-10H2,1-3H3;2*1H4/b;;;;;19-13+;;;. The number of esters is 1. The maximum Gasteiger partial charge on any atom is 0.415 e. The Morgan fingerprint density at radius 1 is 0.406 bits per heavy atom. The van der Waals surface area contributed by atoms with Gasteiger partial charge in [0.2, 0.25) is 0 Å². The number of aliphatic hydroxyl groups excluding tert-OH is 4. The largest absolute Gasteiger partial charge is 0.466 e. The molecule has 6 saturated heterocycles. The zero-order chi connectivity index (χ0) is 105. The van der Waals surface area contributed by atoms with Crippen LogP contribution in [0.1, 0.15) is 343 Å². The van der Waals surface area contributed by atoms with Gasteiger partial charge in [0, 0.05) is 90.6 Å². The van der Waals surface area contributed by atoms with E-state index in [1.54, 1.807) is 19.2 Å². The van der Waals surface area contributed by atoms with Crippen LogP contribution in [-0.4, -0.2) is 236 Å². The highest BCUT2D eigenvalue weighted by Gasteiger charge is 2.56. The van der Waals surface area contributed by atoms with Gasteiger partial charge in [-0.1, -0.05) is 219 Å². The highest BCUT2D eigenvalue weighted by Crippen LogP contribution is 2.49. The molecule has 19 heteroatoms. The molecule has 0 aromatic heterocycles. The minimum Gasteiger partial charge on any atom is -0.466 e. The van der Waals surface area contributed by atoms with Gasteiger partial charge in [-0.05, 0) is 429 Å². The van der Waals surface area contributed by atoms with Gasteiger partial charge in [-0.15, -0.1) is 0 Å². The third-order valence-electron chi connectivity index (χ3n) is 32.6. The number of piperidine rings is 6. The molecule has 0 amide bonds. The van der Waals surface area contributed by atoms with Crippen molar-refractivity contribution in [3.8, 4) is 0 Å². The monoisotopic (exact) mass is 2000 g/mol. The molecule has 0 spiro atoms. The molecule has 0 saturated carbocycles. The van der Waals surface area contributed by atoms with Crippen molar-refractivity contribution in [2.75, 3.05) is 112 Å². The Morgan fingerprint density at radius 3 is 1.05 bits per heavy atom. The summed E-state index contributed by atoms with van der Waals surface area (Å²) in [6.07, 6.45) is 9.51. The minimum absolute atomic E-state index is 0. The van der Waals surface area contributed by atoms with Gasteiger partial charge in [0.15, 0.2) is 6.10 Å². The van der Waals surface area contributed by atoms with Crippen LogP contribution in [0, 0.1) is 27.7 Å². The number of fused-ring (bicyclic) bond motifs is 1. The Bertz CT molecular complexity index is 4870. The van der Waals surface area contributed by atoms with Gasteiger partial charge < -0.3 is 30.0 Å². The number of hydrogen-bond acceptors (Lipinski definition) is 15. The lowest BCUT2D eigenvalue weighted by molar-refractivity contribution is -0.231. The van der Waals surface area contributed by atoms with Crippen LogP contribution in [0.15, 0.2) is 175 Å². The average Bonchev–Trinajstić information content (AvgIpc) is 0.750. The molecule has 0 bridgehead atoms. The summed E-state index contributed by atoms with van der Waals surface area (Å²) in [5.41, 5.74) is 16.4. The Kier molecular flexibility index (Phi) is 46.3. The second kappa shape index (κ2) is 53.0. The maximum absolute atomic E-state index is 13.3. The van der Waals surface area contributed by atoms with Crippen LogP contribution < -0.4 is 0 Å². The summed E-state index contributed by atoms with van der Waals surface area (Å²) < 4.78 is 45.2. The molecule has 0 radical (unpaired) electrons. The summed E-state index contributed by atoms with van der Waals surface area (Å²) in [5, 5.41) is 44.9. The molecule has 7 aromatic rings. The van der Waals surface area contributed by atoms with Crippen molar-refractivity contribution < 1.29 is 48.0 Å². The van der Waals surface area contributed by atoms with Crippen molar-refractivity contribution in [3.05, 3.63) is 247 Å². The Labute approximate surface area is 872 Å². The average molecular weight is 2000 g/mol. The molecule has 15 nitrogen and oxygen atoms in total. The van der Waals surface area contributed by atoms with E-state index >= 15 is 0 Å². The fourth-order valence-electron chi connectivity index (χ4n) is 22.2. The van der Waals surface area contributed by atoms with Crippen molar-refractivity contribution >= 4 is 23.8 Å². The van der Waals surface area contributed by atoms with E-state index in [0.717, 1.165) is 160 Å². The quantitative estimate of drug-likeness (QED) is 0.0389. The van der Waals surface area contributed by atoms with Crippen molar-refractivity contribution in [1.29, 1.82) is 0 Å². The first-order valence-electron chi connectivity index (χ1n) is 53.1. The van der Waals surface area contributed by atoms with Crippen LogP contribution in [0.3, 0.4) is 0 Å². The van der Waals surface area contributed by atoms with E-state index in [2.05, 4.69) is 346 Å². The number of alkyl halides is 3. The topological polar surface area (TPSA) is 151 Å². The second-order valence-electron chi connectivity index (χ2n) is 49.0. The lowest BCUT2D eigenvalue weighted by Crippen LogP contribution is -2.57. The van der Waals surface area contributed by atoms with Gasteiger partial charge in [-0.25, -0.2) is 0 Å². The van der Waals surface area contributed by atoms with Gasteiger partial charge in [0.05, 0.1) is 32.0 Å². The molecule has 2 unspecified atom stereocenters. The molecular formula is C124H196ClF3N8O7. The molecule has 7 aromatic carbocycles. The first kappa shape index (κ1) is 125. The number of halogens is 4. The molecule has 4 N–H and O–H groups in total. The molecule has 14 rings (SSSR count). The fraction of sp³-hybridized carbons (Fsp3) is 0.645. The maximum atomic E-state index is 13.3. The molecule has 6 fully saturated rings. The highest BCUT2D eigenvalue weighted by molar-refractivity contribution is 6.30. The molecule has 2 atom stereocenters. The smallest absolute Gasteiger partial charge is 0.415 e. The van der Waals surface area contributed by atoms with Gasteiger partial charge in [0.25, 0.3) is 0 Å². The fourth-order valence-corrected chi connectivity index (χ4v) is 22.3. The van der Waals surface area contributed by atoms with Crippen LogP contribution in [0.5, 0.6) is 0 Å². The number of aliphatic hydroxyl groups is 4. The van der Waals surface area contributed by atoms with E-state index in [-0.39, 0.29) is 100 Å². The van der Waals surface area contributed by atoms with E-state index in [1.165, 1.54) is 74.2 Å². The number of likely N-dealkylation sites (tertiary alicyclic amines) is 6. The Morgan fingerprint density at radius 2 is 0.713 bits per heavy atom. The lowest BCUT2D eigenvalue weighted by atomic mass is 9.68. The zero-order valence-electron chi connectivity index (χ0n) is 92.8. The van der Waals surface area contributed by atoms with Crippen molar-refractivity contribution in [1.82, 2.24) is 34.3 Å². The minimum atomic E-state index is -4.62. The molecule has 7 aliphatic rings. The number of carbonyl (C=O) groups is 1. The van der Waals surface area contributed by atoms with Crippen LogP contribution in [-0.2, 0) is 66.2 Å². The Hall–Kier alpha value is -6.88. The molecule has 802 valence electrons. The molecule has 0 aliphatic carbocycles. The van der Waals surface area contributed by atoms with E-state index in [0.29, 0.717) is 50.1 Å². The first-order chi connectivity index (χ1) is 65.7. The molecule has 7 aliphatic heterocycles. The van der Waals surface area contributed by atoms with Crippen LogP contribution >= 0.6 is 11.6 Å². The summed E-state index contributed by atoms with van der Waals surface area (Å²) in [6.45, 7) is 76.5. The summed E-state index contributed by atoms with van der Waals surface area (Å²) >= 11 is 6.02. The van der Waals surface area contributed by atoms with Crippen LogP contribution in [0.4, 0.5) is 13.2 Å². The van der Waals surface area contributed by atoms with Crippen LogP contribution in [0.2, 0.25) is 5.02 Å². The predicted molar refractivity (Wildman–Crippen MR) is 598 cm³/mol. The molecule has 7 heterocycles. The Balaban J connectivity index is 0.000000256. The van der Waals surface area contributed by atoms with Gasteiger partial charge in [-0.2, -0.15) is 13.2 Å². The second-order valence-corrected chi connectivity index (χ2v) is 49.5. The zero-order valence-corrected chi connectivity index (χ0v) is 93.6. The van der Waals surface area contributed by atoms with Crippen molar-refractivity contribution in [3.63, 3.8) is 0 Å². The number of nitrogens with zero attached hydrogens (tertiary/aromatic N) is 8. The lowest BCUT2D eigenvalue weighted by Gasteiger charge is -2.49. The number of benzene rings is 7. The summed E-state index contributed by atoms with van der Waals surface area (Å²) in [6, 6.07) is 59.2. The van der Waals surface area contributed by atoms with Crippen LogP contribution in [0.25, 0.3) is 0 Å². The molecule has 143 heavy (non-hydrogen) atoms. The van der Waals surface area contributed by atoms with Crippen molar-refractivity contribution in [2.45, 2.75) is 408 Å². The number of ether oxygens (including phenoxy) is 1. The summed E-state index contributed by atoms with van der Waals surface area (Å²) in [5.74, 6) is -0.0720. The van der Waals surface area contributed by atoms with E-state index in [4.69, 9.17) is 21.2 Å². The third-order valence-corrected chi connectivity index (χ3v) is 32.8. The number of hydrogen-bond donors (Lipinski definition) is 4. The van der Waals surface area contributed by atoms with Gasteiger partial charge in [0.1, 0.15) is 7.11 Å². The SMILES string of the molecule is C.C.CC(C)(C)N1CCc2ccccc2C1.CCOC(=O)CC1(c2ccc(C)cc2)CCN(C(C)(C)C)CC1.CCc1ccc(C2(CO)CCN(C(C)(C)C)CC2)cc1.CO/N=C/C1(c2ccc(Cl)cc2)CCN(C(C)(C)C)CC1.Cc1ccc(C2(C(C)O)CCN(C(C)(C)C)CC2)cc1.Cc1ccc(C2(C(O)C(F)(F)F)CCN(C(C)(C)C)CC2)cc1.Cc1ccc(C2(CCO)CCN(C(C)(C)C)CC2)cc1. The summed E-state index contributed by atoms with van der Waals surface area (Å²) in [4.78, 5) is 34.5. The highest BCUT2D eigenvalue weighted by atomic mass is 35.5. The third kappa shape index (κ3) is 34.6. The van der Waals surface area contributed by atoms with Gasteiger partial charge >= 0.3 is 12.1 Å². The molecular weight excluding hydrogens is 1810 g/mol. The number of aryl methyl sites for hydroxylation is 5. The van der Waals surface area contributed by atoms with Crippen molar-refractivity contribution in [2.24, 2.45) is 5.16 Å².